The molecular formula is C19H17NO2. The van der Waals surface area contributed by atoms with Crippen LogP contribution in [0.25, 0.3) is 22.0 Å². The Morgan fingerprint density at radius 1 is 1.05 bits per heavy atom. The van der Waals surface area contributed by atoms with Gasteiger partial charge in [0, 0.05) is 5.39 Å². The van der Waals surface area contributed by atoms with E-state index in [1.165, 1.54) is 0 Å². The van der Waals surface area contributed by atoms with Crippen LogP contribution < -0.4 is 0 Å². The number of carbonyl (C=O) groups excluding carboxylic acids is 1. The fourth-order valence-corrected chi connectivity index (χ4v) is 2.54. The summed E-state index contributed by atoms with van der Waals surface area (Å²) in [6, 6.07) is 20.1. The van der Waals surface area contributed by atoms with E-state index in [1.807, 2.05) is 42.5 Å². The average Bonchev–Trinajstić information content (AvgIpc) is 2.55. The van der Waals surface area contributed by atoms with Gasteiger partial charge in [-0.05, 0) is 30.2 Å². The molecule has 110 valence electrons. The van der Waals surface area contributed by atoms with Gasteiger partial charge in [0.05, 0.1) is 24.2 Å². The highest BCUT2D eigenvalue weighted by Gasteiger charge is 2.11. The normalized spacial score (nSPS) is 10.6. The van der Waals surface area contributed by atoms with Crippen LogP contribution in [0, 0.1) is 0 Å². The summed E-state index contributed by atoms with van der Waals surface area (Å²) < 4.78 is 5.02. The third kappa shape index (κ3) is 2.98. The molecule has 0 atom stereocenters. The number of hydrogen-bond donors (Lipinski definition) is 0. The van der Waals surface area contributed by atoms with E-state index in [0.29, 0.717) is 6.61 Å². The maximum Gasteiger partial charge on any atom is 0.311 e. The quantitative estimate of drug-likeness (QED) is 0.682. The summed E-state index contributed by atoms with van der Waals surface area (Å²) in [6.45, 7) is 2.19. The third-order valence-corrected chi connectivity index (χ3v) is 3.48. The number of fused-ring (bicyclic) bond motifs is 1. The van der Waals surface area contributed by atoms with Gasteiger partial charge in [0.25, 0.3) is 0 Å². The molecule has 3 nitrogen and oxygen atoms in total. The number of para-hydroxylation sites is 1. The van der Waals surface area contributed by atoms with Gasteiger partial charge in [0.1, 0.15) is 0 Å². The summed E-state index contributed by atoms with van der Waals surface area (Å²) in [4.78, 5) is 16.3. The van der Waals surface area contributed by atoms with E-state index in [4.69, 9.17) is 4.74 Å². The van der Waals surface area contributed by atoms with E-state index in [2.05, 4.69) is 23.2 Å². The van der Waals surface area contributed by atoms with Crippen LogP contribution in [-0.2, 0) is 16.0 Å². The molecule has 1 heterocycles. The summed E-state index contributed by atoms with van der Waals surface area (Å²) in [7, 11) is 0. The van der Waals surface area contributed by atoms with Crippen molar-refractivity contribution < 1.29 is 9.53 Å². The van der Waals surface area contributed by atoms with E-state index >= 15 is 0 Å². The molecule has 2 aromatic carbocycles. The van der Waals surface area contributed by atoms with Crippen LogP contribution in [0.3, 0.4) is 0 Å². The molecule has 0 aliphatic rings. The number of aromatic nitrogens is 1. The van der Waals surface area contributed by atoms with Crippen molar-refractivity contribution in [2.24, 2.45) is 0 Å². The fourth-order valence-electron chi connectivity index (χ4n) is 2.54. The smallest absolute Gasteiger partial charge is 0.311 e. The molecule has 3 rings (SSSR count). The Balaban J connectivity index is 2.11. The lowest BCUT2D eigenvalue weighted by Crippen LogP contribution is -2.09. The van der Waals surface area contributed by atoms with Gasteiger partial charge in [-0.1, -0.05) is 48.5 Å². The molecule has 0 N–H and O–H groups in total. The van der Waals surface area contributed by atoms with Crippen LogP contribution in [-0.4, -0.2) is 17.6 Å². The lowest BCUT2D eigenvalue weighted by atomic mass is 9.99. The second-order valence-electron chi connectivity index (χ2n) is 5.03. The molecule has 0 aliphatic heterocycles. The first-order valence-electron chi connectivity index (χ1n) is 7.37. The van der Waals surface area contributed by atoms with E-state index in [-0.39, 0.29) is 12.4 Å². The Morgan fingerprint density at radius 3 is 2.55 bits per heavy atom. The predicted octanol–water partition coefficient (Wildman–Crippen LogP) is 4.01. The van der Waals surface area contributed by atoms with Gasteiger partial charge in [-0.15, -0.1) is 0 Å². The number of pyridine rings is 1. The van der Waals surface area contributed by atoms with Crippen molar-refractivity contribution >= 4 is 16.9 Å². The molecule has 0 saturated carbocycles. The highest BCUT2D eigenvalue weighted by molar-refractivity contribution is 5.95. The van der Waals surface area contributed by atoms with E-state index in [0.717, 1.165) is 27.7 Å². The summed E-state index contributed by atoms with van der Waals surface area (Å²) >= 11 is 0. The molecule has 1 aromatic heterocycles. The number of rotatable bonds is 4. The number of nitrogens with zero attached hydrogens (tertiary/aromatic N) is 1. The van der Waals surface area contributed by atoms with Crippen LogP contribution in [0.4, 0.5) is 0 Å². The summed E-state index contributed by atoms with van der Waals surface area (Å²) in [6.07, 6.45) is 0.193. The van der Waals surface area contributed by atoms with Crippen LogP contribution >= 0.6 is 0 Å². The van der Waals surface area contributed by atoms with Crippen molar-refractivity contribution in [3.05, 3.63) is 66.4 Å². The Kier molecular flexibility index (Phi) is 4.15. The molecule has 22 heavy (non-hydrogen) atoms. The van der Waals surface area contributed by atoms with Gasteiger partial charge >= 0.3 is 5.97 Å². The van der Waals surface area contributed by atoms with Crippen molar-refractivity contribution in [2.45, 2.75) is 13.3 Å². The van der Waals surface area contributed by atoms with Gasteiger partial charge in [0.15, 0.2) is 0 Å². The maximum absolute atomic E-state index is 11.7. The number of ether oxygens (including phenoxy) is 1. The van der Waals surface area contributed by atoms with E-state index in [1.54, 1.807) is 6.92 Å². The zero-order valence-corrected chi connectivity index (χ0v) is 12.5. The molecule has 0 fully saturated rings. The van der Waals surface area contributed by atoms with E-state index < -0.39 is 0 Å². The molecule has 0 saturated heterocycles. The number of esters is 1. The standard InChI is InChI=1S/C19H17NO2/c1-2-22-19(21)13-15-12-17(14-8-4-3-5-9-14)16-10-6-7-11-18(16)20-15/h3-12H,2,13H2,1H3. The minimum atomic E-state index is -0.246. The van der Waals surface area contributed by atoms with Crippen molar-refractivity contribution in [3.63, 3.8) is 0 Å². The average molecular weight is 291 g/mol. The first-order valence-corrected chi connectivity index (χ1v) is 7.37. The largest absolute Gasteiger partial charge is 0.466 e. The van der Waals surface area contributed by atoms with Crippen molar-refractivity contribution in [1.29, 1.82) is 0 Å². The minimum Gasteiger partial charge on any atom is -0.466 e. The fraction of sp³-hybridized carbons (Fsp3) is 0.158. The Bertz CT molecular complexity index is 797. The van der Waals surface area contributed by atoms with Gasteiger partial charge < -0.3 is 4.74 Å². The Morgan fingerprint density at radius 2 is 1.77 bits per heavy atom. The van der Waals surface area contributed by atoms with Crippen molar-refractivity contribution in [3.8, 4) is 11.1 Å². The zero-order chi connectivity index (χ0) is 15.4. The summed E-state index contributed by atoms with van der Waals surface area (Å²) in [5.74, 6) is -0.246. The molecule has 0 unspecified atom stereocenters. The predicted molar refractivity (Wildman–Crippen MR) is 87.5 cm³/mol. The number of benzene rings is 2. The molecule has 0 amide bonds. The first kappa shape index (κ1) is 14.3. The van der Waals surface area contributed by atoms with E-state index in [9.17, 15) is 4.79 Å². The lowest BCUT2D eigenvalue weighted by Gasteiger charge is -2.10. The third-order valence-electron chi connectivity index (χ3n) is 3.48. The van der Waals surface area contributed by atoms with Gasteiger partial charge in [0.2, 0.25) is 0 Å². The molecule has 0 aliphatic carbocycles. The van der Waals surface area contributed by atoms with Crippen LogP contribution in [0.5, 0.6) is 0 Å². The maximum atomic E-state index is 11.7. The summed E-state index contributed by atoms with van der Waals surface area (Å²) in [5, 5.41) is 1.08. The van der Waals surface area contributed by atoms with Crippen LogP contribution in [0.15, 0.2) is 60.7 Å². The highest BCUT2D eigenvalue weighted by atomic mass is 16.5. The molecule has 0 spiro atoms. The van der Waals surface area contributed by atoms with Crippen molar-refractivity contribution in [2.75, 3.05) is 6.61 Å². The molecule has 0 bridgehead atoms. The molecule has 3 heteroatoms. The Labute approximate surface area is 129 Å². The topological polar surface area (TPSA) is 39.2 Å². The van der Waals surface area contributed by atoms with Crippen LogP contribution in [0.2, 0.25) is 0 Å². The monoisotopic (exact) mass is 291 g/mol. The SMILES string of the molecule is CCOC(=O)Cc1cc(-c2ccccc2)c2ccccc2n1. The van der Waals surface area contributed by atoms with Crippen LogP contribution in [0.1, 0.15) is 12.6 Å². The van der Waals surface area contributed by atoms with Gasteiger partial charge in [-0.2, -0.15) is 0 Å². The molecule has 3 aromatic rings. The minimum absolute atomic E-state index is 0.193. The number of carbonyl (C=O) groups is 1. The summed E-state index contributed by atoms with van der Waals surface area (Å²) in [5.41, 5.74) is 3.83. The van der Waals surface area contributed by atoms with Gasteiger partial charge in [-0.3, -0.25) is 9.78 Å². The first-order chi connectivity index (χ1) is 10.8. The molecular weight excluding hydrogens is 274 g/mol. The lowest BCUT2D eigenvalue weighted by molar-refractivity contribution is -0.142. The Hall–Kier alpha value is -2.68. The molecule has 0 radical (unpaired) electrons. The van der Waals surface area contributed by atoms with Gasteiger partial charge in [-0.25, -0.2) is 0 Å². The highest BCUT2D eigenvalue weighted by Crippen LogP contribution is 2.28. The van der Waals surface area contributed by atoms with Crippen molar-refractivity contribution in [1.82, 2.24) is 4.98 Å². The zero-order valence-electron chi connectivity index (χ0n) is 12.5. The second kappa shape index (κ2) is 6.39. The number of hydrogen-bond acceptors (Lipinski definition) is 3. The second-order valence-corrected chi connectivity index (χ2v) is 5.03.